The Bertz CT molecular complexity index is 600. The molecule has 2 aromatic rings. The molecular formula is C16H20N2Si. The molecule has 2 aromatic heterocycles. The summed E-state index contributed by atoms with van der Waals surface area (Å²) in [5, 5.41) is 1.31. The van der Waals surface area contributed by atoms with Gasteiger partial charge in [-0.2, -0.15) is 0 Å². The smallest absolute Gasteiger partial charge is 0.102 e. The highest BCUT2D eigenvalue weighted by Crippen LogP contribution is 2.25. The lowest BCUT2D eigenvalue weighted by Crippen LogP contribution is -2.42. The van der Waals surface area contributed by atoms with Crippen molar-refractivity contribution in [1.82, 2.24) is 9.97 Å². The molecule has 0 fully saturated rings. The van der Waals surface area contributed by atoms with Crippen LogP contribution in [0.1, 0.15) is 17.7 Å². The number of pyridine rings is 2. The Morgan fingerprint density at radius 2 is 1.95 bits per heavy atom. The SMILES string of the molecule is C[Si](C)(C)c1nc2c(cc1-c1ccccn1)CCC2. The molecule has 0 unspecified atom stereocenters. The molecule has 3 rings (SSSR count). The van der Waals surface area contributed by atoms with E-state index in [-0.39, 0.29) is 0 Å². The second-order valence-electron chi connectivity index (χ2n) is 6.31. The molecule has 2 heterocycles. The fourth-order valence-corrected chi connectivity index (χ4v) is 4.24. The molecule has 0 amide bonds. The van der Waals surface area contributed by atoms with Gasteiger partial charge >= 0.3 is 0 Å². The first kappa shape index (κ1) is 12.5. The predicted octanol–water partition coefficient (Wildman–Crippen LogP) is 3.18. The fourth-order valence-electron chi connectivity index (χ4n) is 2.76. The lowest BCUT2D eigenvalue weighted by Gasteiger charge is -2.21. The van der Waals surface area contributed by atoms with E-state index in [0.717, 1.165) is 12.1 Å². The van der Waals surface area contributed by atoms with Crippen molar-refractivity contribution >= 4 is 13.4 Å². The Hall–Kier alpha value is -1.48. The van der Waals surface area contributed by atoms with E-state index < -0.39 is 8.07 Å². The Morgan fingerprint density at radius 3 is 2.63 bits per heavy atom. The lowest BCUT2D eigenvalue weighted by atomic mass is 10.1. The summed E-state index contributed by atoms with van der Waals surface area (Å²) in [5.41, 5.74) is 5.10. The van der Waals surface area contributed by atoms with Gasteiger partial charge in [-0.1, -0.05) is 25.7 Å². The van der Waals surface area contributed by atoms with Gasteiger partial charge in [0.25, 0.3) is 0 Å². The zero-order valence-corrected chi connectivity index (χ0v) is 12.9. The van der Waals surface area contributed by atoms with E-state index in [9.17, 15) is 0 Å². The maximum atomic E-state index is 5.02. The van der Waals surface area contributed by atoms with E-state index in [2.05, 4.69) is 42.8 Å². The lowest BCUT2D eigenvalue weighted by molar-refractivity contribution is 0.900. The van der Waals surface area contributed by atoms with Crippen molar-refractivity contribution in [1.29, 1.82) is 0 Å². The van der Waals surface area contributed by atoms with Gasteiger partial charge in [0, 0.05) is 22.8 Å². The van der Waals surface area contributed by atoms with Gasteiger partial charge < -0.3 is 0 Å². The molecule has 0 saturated carbocycles. The van der Waals surface area contributed by atoms with Crippen LogP contribution in [-0.2, 0) is 12.8 Å². The third-order valence-electron chi connectivity index (χ3n) is 3.70. The molecule has 1 aliphatic carbocycles. The van der Waals surface area contributed by atoms with Crippen LogP contribution in [-0.4, -0.2) is 18.0 Å². The van der Waals surface area contributed by atoms with Crippen molar-refractivity contribution in [3.05, 3.63) is 41.7 Å². The summed E-state index contributed by atoms with van der Waals surface area (Å²) in [6, 6.07) is 8.48. The van der Waals surface area contributed by atoms with Crippen molar-refractivity contribution in [3.63, 3.8) is 0 Å². The molecule has 0 spiro atoms. The molecule has 0 bridgehead atoms. The number of fused-ring (bicyclic) bond motifs is 1. The Kier molecular flexibility index (Phi) is 3.01. The van der Waals surface area contributed by atoms with Crippen molar-refractivity contribution < 1.29 is 0 Å². The van der Waals surface area contributed by atoms with Gasteiger partial charge in [-0.25, -0.2) is 0 Å². The van der Waals surface area contributed by atoms with Crippen molar-refractivity contribution in [2.45, 2.75) is 38.9 Å². The summed E-state index contributed by atoms with van der Waals surface area (Å²) in [6.07, 6.45) is 5.44. The Morgan fingerprint density at radius 1 is 1.11 bits per heavy atom. The molecular weight excluding hydrogens is 248 g/mol. The van der Waals surface area contributed by atoms with Gasteiger partial charge in [0.2, 0.25) is 0 Å². The standard InChI is InChI=1S/C16H20N2Si/c1-19(2,3)16-13(15-8-4-5-10-17-15)11-12-7-6-9-14(12)18-16/h4-5,8,10-11H,6-7,9H2,1-3H3. The van der Waals surface area contributed by atoms with E-state index in [1.807, 2.05) is 12.3 Å². The van der Waals surface area contributed by atoms with E-state index >= 15 is 0 Å². The number of nitrogens with zero attached hydrogens (tertiary/aromatic N) is 2. The normalized spacial score (nSPS) is 14.5. The number of aromatic nitrogens is 2. The van der Waals surface area contributed by atoms with Crippen LogP contribution in [0.4, 0.5) is 0 Å². The number of hydrogen-bond donors (Lipinski definition) is 0. The molecule has 0 N–H and O–H groups in total. The van der Waals surface area contributed by atoms with Crippen LogP contribution in [0, 0.1) is 0 Å². The third-order valence-corrected chi connectivity index (χ3v) is 5.50. The first-order valence-electron chi connectivity index (χ1n) is 7.00. The summed E-state index contributed by atoms with van der Waals surface area (Å²) in [6.45, 7) is 7.09. The van der Waals surface area contributed by atoms with Crippen LogP contribution >= 0.6 is 0 Å². The summed E-state index contributed by atoms with van der Waals surface area (Å²) in [5.74, 6) is 0. The molecule has 0 aromatic carbocycles. The maximum Gasteiger partial charge on any atom is 0.102 e. The monoisotopic (exact) mass is 268 g/mol. The van der Waals surface area contributed by atoms with Gasteiger partial charge in [0.15, 0.2) is 0 Å². The van der Waals surface area contributed by atoms with Crippen LogP contribution in [0.2, 0.25) is 19.6 Å². The molecule has 19 heavy (non-hydrogen) atoms. The van der Waals surface area contributed by atoms with E-state index in [4.69, 9.17) is 4.98 Å². The van der Waals surface area contributed by atoms with Crippen molar-refractivity contribution in [3.8, 4) is 11.3 Å². The topological polar surface area (TPSA) is 25.8 Å². The first-order chi connectivity index (χ1) is 9.05. The van der Waals surface area contributed by atoms with Gasteiger partial charge in [0.1, 0.15) is 8.07 Å². The van der Waals surface area contributed by atoms with Crippen molar-refractivity contribution in [2.24, 2.45) is 0 Å². The largest absolute Gasteiger partial charge is 0.262 e. The molecule has 98 valence electrons. The number of aryl methyl sites for hydroxylation is 2. The van der Waals surface area contributed by atoms with E-state index in [0.29, 0.717) is 0 Å². The van der Waals surface area contributed by atoms with Crippen LogP contribution in [0.25, 0.3) is 11.3 Å². The summed E-state index contributed by atoms with van der Waals surface area (Å²) < 4.78 is 0. The molecule has 0 atom stereocenters. The minimum Gasteiger partial charge on any atom is -0.262 e. The van der Waals surface area contributed by atoms with Gasteiger partial charge in [-0.15, -0.1) is 0 Å². The summed E-state index contributed by atoms with van der Waals surface area (Å²) >= 11 is 0. The Balaban J connectivity index is 2.22. The van der Waals surface area contributed by atoms with Crippen LogP contribution in [0.15, 0.2) is 30.5 Å². The molecule has 0 radical (unpaired) electrons. The predicted molar refractivity (Wildman–Crippen MR) is 82.5 cm³/mol. The number of hydrogen-bond acceptors (Lipinski definition) is 2. The highest BCUT2D eigenvalue weighted by molar-refractivity contribution is 6.89. The minimum atomic E-state index is -1.45. The average molecular weight is 268 g/mol. The molecule has 3 heteroatoms. The third kappa shape index (κ3) is 2.35. The van der Waals surface area contributed by atoms with Crippen LogP contribution in [0.3, 0.4) is 0 Å². The zero-order valence-electron chi connectivity index (χ0n) is 11.9. The van der Waals surface area contributed by atoms with Gasteiger partial charge in [-0.3, -0.25) is 9.97 Å². The Labute approximate surface area is 115 Å². The summed E-state index contributed by atoms with van der Waals surface area (Å²) in [4.78, 5) is 9.55. The maximum absolute atomic E-state index is 5.02. The van der Waals surface area contributed by atoms with Crippen LogP contribution in [0.5, 0.6) is 0 Å². The number of rotatable bonds is 2. The molecule has 0 saturated heterocycles. The second kappa shape index (κ2) is 4.56. The highest BCUT2D eigenvalue weighted by Gasteiger charge is 2.26. The van der Waals surface area contributed by atoms with Crippen molar-refractivity contribution in [2.75, 3.05) is 0 Å². The second-order valence-corrected chi connectivity index (χ2v) is 11.3. The quantitative estimate of drug-likeness (QED) is 0.782. The van der Waals surface area contributed by atoms with Gasteiger partial charge in [-0.05, 0) is 43.0 Å². The average Bonchev–Trinajstić information content (AvgIpc) is 2.84. The van der Waals surface area contributed by atoms with Crippen LogP contribution < -0.4 is 5.32 Å². The van der Waals surface area contributed by atoms with E-state index in [1.165, 1.54) is 35.0 Å². The van der Waals surface area contributed by atoms with Gasteiger partial charge in [0.05, 0.1) is 5.69 Å². The molecule has 0 aliphatic heterocycles. The molecule has 2 nitrogen and oxygen atoms in total. The highest BCUT2D eigenvalue weighted by atomic mass is 28.3. The summed E-state index contributed by atoms with van der Waals surface area (Å²) in [7, 11) is -1.45. The fraction of sp³-hybridized carbons (Fsp3) is 0.375. The minimum absolute atomic E-state index is 1.07. The molecule has 1 aliphatic rings. The first-order valence-corrected chi connectivity index (χ1v) is 10.5. The zero-order chi connectivity index (χ0) is 13.5. The van der Waals surface area contributed by atoms with E-state index in [1.54, 1.807) is 0 Å².